The third kappa shape index (κ3) is 4.90. The molecule has 3 aliphatic heterocycles. The van der Waals surface area contributed by atoms with E-state index in [9.17, 15) is 9.59 Å². The minimum atomic E-state index is 0.283. The molecule has 4 fully saturated rings. The van der Waals surface area contributed by atoms with Crippen LogP contribution in [0.25, 0.3) is 0 Å². The second-order valence-electron chi connectivity index (χ2n) is 9.79. The molecule has 3 saturated heterocycles. The zero-order valence-electron chi connectivity index (χ0n) is 17.5. The highest BCUT2D eigenvalue weighted by Crippen LogP contribution is 2.33. The van der Waals surface area contributed by atoms with Gasteiger partial charge in [0, 0.05) is 44.6 Å². The number of piperidine rings is 2. The molecule has 0 aromatic carbocycles. The Balaban J connectivity index is 1.26. The van der Waals surface area contributed by atoms with Gasteiger partial charge in [-0.3, -0.25) is 9.59 Å². The summed E-state index contributed by atoms with van der Waals surface area (Å²) in [5.41, 5.74) is 0. The van der Waals surface area contributed by atoms with E-state index in [2.05, 4.69) is 10.2 Å². The lowest BCUT2D eigenvalue weighted by Crippen LogP contribution is -2.58. The lowest BCUT2D eigenvalue weighted by Gasteiger charge is -2.46. The van der Waals surface area contributed by atoms with Crippen molar-refractivity contribution >= 4 is 11.8 Å². The second kappa shape index (κ2) is 9.60. The molecule has 0 aromatic rings. The Bertz CT molecular complexity index is 538. The Labute approximate surface area is 170 Å². The largest absolute Gasteiger partial charge is 0.343 e. The molecule has 28 heavy (non-hydrogen) atoms. The summed E-state index contributed by atoms with van der Waals surface area (Å²) in [7, 11) is 0. The van der Waals surface area contributed by atoms with Gasteiger partial charge in [0.2, 0.25) is 11.8 Å². The topological polar surface area (TPSA) is 52.7 Å². The standard InChI is InChI=1S/C23H39N3O2/c27-22(25-12-5-6-13-25)11-7-10-21-20-14-18(15-24-21)16-26(17-20)23(28)19-8-3-1-2-4-9-19/h18-21,24H,1-17H2/t18-,20+,21+/m0/s1. The lowest BCUT2D eigenvalue weighted by molar-refractivity contribution is -0.140. The molecule has 0 radical (unpaired) electrons. The van der Waals surface area contributed by atoms with E-state index in [4.69, 9.17) is 0 Å². The predicted octanol–water partition coefficient (Wildman–Crippen LogP) is 3.19. The third-order valence-corrected chi connectivity index (χ3v) is 7.69. The Morgan fingerprint density at radius 2 is 1.64 bits per heavy atom. The van der Waals surface area contributed by atoms with Crippen LogP contribution in [-0.2, 0) is 9.59 Å². The van der Waals surface area contributed by atoms with E-state index in [1.807, 2.05) is 4.90 Å². The summed E-state index contributed by atoms with van der Waals surface area (Å²) in [6.07, 6.45) is 13.6. The quantitative estimate of drug-likeness (QED) is 0.735. The van der Waals surface area contributed by atoms with E-state index in [1.165, 1.54) is 44.9 Å². The Morgan fingerprint density at radius 3 is 2.39 bits per heavy atom. The van der Waals surface area contributed by atoms with Crippen molar-refractivity contribution in [2.45, 2.75) is 83.1 Å². The van der Waals surface area contributed by atoms with Crippen LogP contribution < -0.4 is 5.32 Å². The highest BCUT2D eigenvalue weighted by molar-refractivity contribution is 5.79. The highest BCUT2D eigenvalue weighted by atomic mass is 16.2. The van der Waals surface area contributed by atoms with Crippen molar-refractivity contribution in [2.24, 2.45) is 17.8 Å². The number of amides is 2. The first-order valence-corrected chi connectivity index (χ1v) is 12.0. The molecule has 4 aliphatic rings. The second-order valence-corrected chi connectivity index (χ2v) is 9.79. The Hall–Kier alpha value is -1.10. The number of nitrogens with zero attached hydrogens (tertiary/aromatic N) is 2. The van der Waals surface area contributed by atoms with Crippen LogP contribution in [0.3, 0.4) is 0 Å². The average Bonchev–Trinajstić information content (AvgIpc) is 3.12. The van der Waals surface area contributed by atoms with Gasteiger partial charge in [0.25, 0.3) is 0 Å². The molecule has 158 valence electrons. The minimum Gasteiger partial charge on any atom is -0.343 e. The molecule has 0 aromatic heterocycles. The molecular formula is C23H39N3O2. The molecule has 1 aliphatic carbocycles. The van der Waals surface area contributed by atoms with Crippen molar-refractivity contribution in [1.82, 2.24) is 15.1 Å². The van der Waals surface area contributed by atoms with Crippen LogP contribution in [0.1, 0.15) is 77.0 Å². The number of rotatable bonds is 5. The summed E-state index contributed by atoms with van der Waals surface area (Å²) in [5, 5.41) is 3.75. The van der Waals surface area contributed by atoms with Crippen molar-refractivity contribution in [1.29, 1.82) is 0 Å². The van der Waals surface area contributed by atoms with Crippen LogP contribution in [0.15, 0.2) is 0 Å². The fourth-order valence-corrected chi connectivity index (χ4v) is 6.07. The van der Waals surface area contributed by atoms with Gasteiger partial charge in [-0.15, -0.1) is 0 Å². The number of likely N-dealkylation sites (tertiary alicyclic amines) is 2. The van der Waals surface area contributed by atoms with Gasteiger partial charge < -0.3 is 15.1 Å². The van der Waals surface area contributed by atoms with Crippen LogP contribution >= 0.6 is 0 Å². The molecule has 0 spiro atoms. The molecule has 3 heterocycles. The first-order chi connectivity index (χ1) is 13.7. The normalized spacial score (nSPS) is 31.6. The first kappa shape index (κ1) is 20.2. The molecular weight excluding hydrogens is 350 g/mol. The zero-order chi connectivity index (χ0) is 19.3. The maximum absolute atomic E-state index is 13.1. The highest BCUT2D eigenvalue weighted by Gasteiger charge is 2.39. The molecule has 1 saturated carbocycles. The molecule has 4 rings (SSSR count). The van der Waals surface area contributed by atoms with Crippen LogP contribution in [0, 0.1) is 17.8 Å². The van der Waals surface area contributed by atoms with Crippen molar-refractivity contribution in [2.75, 3.05) is 32.7 Å². The van der Waals surface area contributed by atoms with Crippen LogP contribution in [0.2, 0.25) is 0 Å². The average molecular weight is 390 g/mol. The number of hydrogen-bond acceptors (Lipinski definition) is 3. The van der Waals surface area contributed by atoms with Crippen molar-refractivity contribution in [3.63, 3.8) is 0 Å². The van der Waals surface area contributed by atoms with E-state index in [-0.39, 0.29) is 5.92 Å². The SMILES string of the molecule is O=C(CCC[C@H]1NC[C@@H]2C[C@@H]1CN(C(=O)C1CCCCCC1)C2)N1CCCC1. The molecule has 1 N–H and O–H groups in total. The van der Waals surface area contributed by atoms with E-state index in [0.29, 0.717) is 36.1 Å². The van der Waals surface area contributed by atoms with Gasteiger partial charge in [-0.25, -0.2) is 0 Å². The van der Waals surface area contributed by atoms with E-state index < -0.39 is 0 Å². The first-order valence-electron chi connectivity index (χ1n) is 12.0. The summed E-state index contributed by atoms with van der Waals surface area (Å²) in [6, 6.07) is 0.479. The minimum absolute atomic E-state index is 0.283. The molecule has 2 bridgehead atoms. The van der Waals surface area contributed by atoms with Crippen LogP contribution in [0.5, 0.6) is 0 Å². The Kier molecular flexibility index (Phi) is 6.92. The summed E-state index contributed by atoms with van der Waals surface area (Å²) in [4.78, 5) is 29.7. The number of carbonyl (C=O) groups is 2. The molecule has 5 nitrogen and oxygen atoms in total. The number of fused-ring (bicyclic) bond motifs is 2. The fourth-order valence-electron chi connectivity index (χ4n) is 6.07. The van der Waals surface area contributed by atoms with Crippen molar-refractivity contribution in [3.8, 4) is 0 Å². The van der Waals surface area contributed by atoms with Crippen LogP contribution in [0.4, 0.5) is 0 Å². The summed E-state index contributed by atoms with van der Waals surface area (Å²) >= 11 is 0. The predicted molar refractivity (Wildman–Crippen MR) is 111 cm³/mol. The van der Waals surface area contributed by atoms with Gasteiger partial charge in [-0.05, 0) is 63.3 Å². The fraction of sp³-hybridized carbons (Fsp3) is 0.913. The number of hydrogen-bond donors (Lipinski definition) is 1. The van der Waals surface area contributed by atoms with Crippen molar-refractivity contribution in [3.05, 3.63) is 0 Å². The van der Waals surface area contributed by atoms with Gasteiger partial charge >= 0.3 is 0 Å². The van der Waals surface area contributed by atoms with Crippen LogP contribution in [-0.4, -0.2) is 60.4 Å². The number of nitrogens with one attached hydrogen (secondary N) is 1. The summed E-state index contributed by atoms with van der Waals surface area (Å²) < 4.78 is 0. The summed E-state index contributed by atoms with van der Waals surface area (Å²) in [6.45, 7) is 4.85. The maximum atomic E-state index is 13.1. The molecule has 5 heteroatoms. The van der Waals surface area contributed by atoms with Gasteiger partial charge in [-0.1, -0.05) is 25.7 Å². The van der Waals surface area contributed by atoms with E-state index >= 15 is 0 Å². The van der Waals surface area contributed by atoms with E-state index in [1.54, 1.807) is 0 Å². The Morgan fingerprint density at radius 1 is 0.893 bits per heavy atom. The molecule has 2 amide bonds. The van der Waals surface area contributed by atoms with Gasteiger partial charge in [-0.2, -0.15) is 0 Å². The monoisotopic (exact) mass is 389 g/mol. The van der Waals surface area contributed by atoms with Gasteiger partial charge in [0.15, 0.2) is 0 Å². The van der Waals surface area contributed by atoms with Crippen molar-refractivity contribution < 1.29 is 9.59 Å². The van der Waals surface area contributed by atoms with Gasteiger partial charge in [0.05, 0.1) is 0 Å². The smallest absolute Gasteiger partial charge is 0.225 e. The lowest BCUT2D eigenvalue weighted by atomic mass is 9.78. The van der Waals surface area contributed by atoms with Gasteiger partial charge in [0.1, 0.15) is 0 Å². The third-order valence-electron chi connectivity index (χ3n) is 7.69. The maximum Gasteiger partial charge on any atom is 0.225 e. The number of carbonyl (C=O) groups excluding carboxylic acids is 2. The summed E-state index contributed by atoms with van der Waals surface area (Å²) in [5.74, 6) is 2.27. The van der Waals surface area contributed by atoms with E-state index in [0.717, 1.165) is 58.4 Å². The molecule has 0 unspecified atom stereocenters. The zero-order valence-corrected chi connectivity index (χ0v) is 17.5. The molecule has 3 atom stereocenters.